The van der Waals surface area contributed by atoms with Crippen LogP contribution in [0.15, 0.2) is 48.5 Å². The molecule has 1 aliphatic heterocycles. The lowest BCUT2D eigenvalue weighted by Crippen LogP contribution is -2.43. The number of benzene rings is 2. The number of methoxy groups -OCH3 is 1. The molecule has 0 aromatic heterocycles. The summed E-state index contributed by atoms with van der Waals surface area (Å²) in [4.78, 5) is 38.8. The number of aryl methyl sites for hydroxylation is 1. The van der Waals surface area contributed by atoms with Crippen molar-refractivity contribution in [3.8, 4) is 5.75 Å². The van der Waals surface area contributed by atoms with Gasteiger partial charge in [0.25, 0.3) is 5.91 Å². The van der Waals surface area contributed by atoms with Crippen LogP contribution in [0.4, 0.5) is 4.79 Å². The molecule has 1 spiro atoms. The van der Waals surface area contributed by atoms with Crippen molar-refractivity contribution < 1.29 is 19.1 Å². The van der Waals surface area contributed by atoms with E-state index in [1.54, 1.807) is 7.11 Å². The van der Waals surface area contributed by atoms with E-state index in [2.05, 4.69) is 10.6 Å². The van der Waals surface area contributed by atoms with E-state index in [4.69, 9.17) is 4.74 Å². The van der Waals surface area contributed by atoms with Gasteiger partial charge in [-0.25, -0.2) is 4.79 Å². The van der Waals surface area contributed by atoms with Crippen molar-refractivity contribution in [3.05, 3.63) is 65.2 Å². The number of carbonyl (C=O) groups is 3. The summed E-state index contributed by atoms with van der Waals surface area (Å²) in [5, 5.41) is 5.57. The molecule has 1 unspecified atom stereocenters. The van der Waals surface area contributed by atoms with E-state index < -0.39 is 17.5 Å². The number of urea groups is 1. The van der Waals surface area contributed by atoms with Crippen LogP contribution >= 0.6 is 0 Å². The first-order valence-electron chi connectivity index (χ1n) is 9.15. The zero-order valence-corrected chi connectivity index (χ0v) is 15.5. The fraction of sp³-hybridized carbons (Fsp3) is 0.286. The summed E-state index contributed by atoms with van der Waals surface area (Å²) >= 11 is 0. The Balaban J connectivity index is 1.43. The summed E-state index contributed by atoms with van der Waals surface area (Å²) in [7, 11) is 1.58. The minimum absolute atomic E-state index is 0.285. The second kappa shape index (κ2) is 6.99. The van der Waals surface area contributed by atoms with Gasteiger partial charge in [-0.2, -0.15) is 0 Å². The minimum Gasteiger partial charge on any atom is -0.497 e. The fourth-order valence-electron chi connectivity index (χ4n) is 3.92. The van der Waals surface area contributed by atoms with Crippen LogP contribution in [-0.4, -0.2) is 36.4 Å². The van der Waals surface area contributed by atoms with Gasteiger partial charge >= 0.3 is 6.03 Å². The summed E-state index contributed by atoms with van der Waals surface area (Å²) in [5.74, 6) is -0.0590. The van der Waals surface area contributed by atoms with Gasteiger partial charge in [-0.3, -0.25) is 14.5 Å². The number of fused-ring (bicyclic) bond motifs is 2. The first-order valence-corrected chi connectivity index (χ1v) is 9.15. The molecule has 0 bridgehead atoms. The average molecular weight is 379 g/mol. The Bertz CT molecular complexity index is 958. The maximum absolute atomic E-state index is 13.0. The number of nitrogens with zero attached hydrogens (tertiary/aromatic N) is 1. The standard InChI is InChI=1S/C21H21N3O4/c1-28-16-7-4-5-14(11-16)12-22-18(25)13-24-19(26)21(23-20(24)27)10-9-15-6-2-3-8-17(15)21/h2-8,11H,9-10,12-13H2,1H3,(H,22,25)(H,23,27). The third kappa shape index (κ3) is 2.98. The van der Waals surface area contributed by atoms with Crippen LogP contribution in [0.1, 0.15) is 23.1 Å². The van der Waals surface area contributed by atoms with E-state index in [0.29, 0.717) is 12.2 Å². The van der Waals surface area contributed by atoms with Crippen LogP contribution in [-0.2, 0) is 28.1 Å². The van der Waals surface area contributed by atoms with Crippen LogP contribution in [0.3, 0.4) is 0 Å². The Hall–Kier alpha value is -3.35. The normalized spacial score (nSPS) is 20.2. The number of amides is 4. The number of rotatable bonds is 5. The van der Waals surface area contributed by atoms with Gasteiger partial charge in [-0.05, 0) is 41.7 Å². The number of carbonyl (C=O) groups excluding carboxylic acids is 3. The fourth-order valence-corrected chi connectivity index (χ4v) is 3.92. The molecular weight excluding hydrogens is 358 g/mol. The highest BCUT2D eigenvalue weighted by Crippen LogP contribution is 2.41. The summed E-state index contributed by atoms with van der Waals surface area (Å²) in [6.45, 7) is -0.0216. The molecule has 28 heavy (non-hydrogen) atoms. The lowest BCUT2D eigenvalue weighted by Gasteiger charge is -2.22. The molecule has 7 nitrogen and oxygen atoms in total. The third-order valence-electron chi connectivity index (χ3n) is 5.35. The highest BCUT2D eigenvalue weighted by atomic mass is 16.5. The van der Waals surface area contributed by atoms with Gasteiger partial charge in [0.15, 0.2) is 0 Å². The molecule has 1 saturated heterocycles. The van der Waals surface area contributed by atoms with Crippen LogP contribution < -0.4 is 15.4 Å². The van der Waals surface area contributed by atoms with Crippen molar-refractivity contribution in [1.29, 1.82) is 0 Å². The Labute approximate surface area is 162 Å². The van der Waals surface area contributed by atoms with Crippen LogP contribution in [0, 0.1) is 0 Å². The molecule has 0 saturated carbocycles. The first-order chi connectivity index (χ1) is 13.5. The number of imide groups is 1. The molecule has 2 N–H and O–H groups in total. The molecule has 2 aromatic rings. The zero-order valence-electron chi connectivity index (χ0n) is 15.5. The zero-order chi connectivity index (χ0) is 19.7. The number of hydrogen-bond acceptors (Lipinski definition) is 4. The van der Waals surface area contributed by atoms with Gasteiger partial charge in [0.2, 0.25) is 5.91 Å². The van der Waals surface area contributed by atoms with Crippen molar-refractivity contribution >= 4 is 17.8 Å². The lowest BCUT2D eigenvalue weighted by molar-refractivity contribution is -0.135. The van der Waals surface area contributed by atoms with E-state index in [-0.39, 0.29) is 19.0 Å². The predicted octanol–water partition coefficient (Wildman–Crippen LogP) is 1.70. The smallest absolute Gasteiger partial charge is 0.325 e. The molecule has 4 rings (SSSR count). The van der Waals surface area contributed by atoms with Gasteiger partial charge < -0.3 is 15.4 Å². The molecule has 7 heteroatoms. The van der Waals surface area contributed by atoms with Gasteiger partial charge in [-0.1, -0.05) is 36.4 Å². The minimum atomic E-state index is -1.04. The van der Waals surface area contributed by atoms with Crippen molar-refractivity contribution in [2.45, 2.75) is 24.9 Å². The van der Waals surface area contributed by atoms with Crippen molar-refractivity contribution in [2.24, 2.45) is 0 Å². The lowest BCUT2D eigenvalue weighted by atomic mass is 9.92. The average Bonchev–Trinajstić information content (AvgIpc) is 3.20. The largest absolute Gasteiger partial charge is 0.497 e. The quantitative estimate of drug-likeness (QED) is 0.774. The van der Waals surface area contributed by atoms with Crippen molar-refractivity contribution in [2.75, 3.05) is 13.7 Å². The summed E-state index contributed by atoms with van der Waals surface area (Å²) in [6, 6.07) is 14.4. The maximum Gasteiger partial charge on any atom is 0.325 e. The van der Waals surface area contributed by atoms with Crippen LogP contribution in [0.5, 0.6) is 5.75 Å². The number of ether oxygens (including phenoxy) is 1. The van der Waals surface area contributed by atoms with E-state index in [9.17, 15) is 14.4 Å². The second-order valence-corrected chi connectivity index (χ2v) is 7.01. The Morgan fingerprint density at radius 1 is 1.21 bits per heavy atom. The molecule has 2 aliphatic rings. The van der Waals surface area contributed by atoms with E-state index >= 15 is 0 Å². The van der Waals surface area contributed by atoms with Crippen LogP contribution in [0.25, 0.3) is 0 Å². The van der Waals surface area contributed by atoms with Gasteiger partial charge in [0.1, 0.15) is 17.8 Å². The van der Waals surface area contributed by atoms with Gasteiger partial charge in [0.05, 0.1) is 7.11 Å². The Kier molecular flexibility index (Phi) is 4.50. The number of hydrogen-bond donors (Lipinski definition) is 2. The summed E-state index contributed by atoms with van der Waals surface area (Å²) in [6.07, 6.45) is 1.23. The molecule has 4 amide bonds. The van der Waals surface area contributed by atoms with E-state index in [1.165, 1.54) is 0 Å². The molecule has 1 heterocycles. The third-order valence-corrected chi connectivity index (χ3v) is 5.35. The molecule has 1 aliphatic carbocycles. The predicted molar refractivity (Wildman–Crippen MR) is 102 cm³/mol. The highest BCUT2D eigenvalue weighted by molar-refractivity contribution is 6.09. The molecule has 0 radical (unpaired) electrons. The first kappa shape index (κ1) is 18.0. The Morgan fingerprint density at radius 3 is 2.86 bits per heavy atom. The Morgan fingerprint density at radius 2 is 2.04 bits per heavy atom. The van der Waals surface area contributed by atoms with E-state index in [1.807, 2.05) is 48.5 Å². The van der Waals surface area contributed by atoms with Crippen molar-refractivity contribution in [1.82, 2.24) is 15.5 Å². The van der Waals surface area contributed by atoms with Crippen molar-refractivity contribution in [3.63, 3.8) is 0 Å². The molecule has 1 atom stereocenters. The molecule has 144 valence electrons. The number of nitrogens with one attached hydrogen (secondary N) is 2. The monoisotopic (exact) mass is 379 g/mol. The highest BCUT2D eigenvalue weighted by Gasteiger charge is 2.55. The maximum atomic E-state index is 13.0. The molecular formula is C21H21N3O4. The topological polar surface area (TPSA) is 87.7 Å². The van der Waals surface area contributed by atoms with Gasteiger partial charge in [0, 0.05) is 6.54 Å². The van der Waals surface area contributed by atoms with E-state index in [0.717, 1.165) is 28.0 Å². The second-order valence-electron chi connectivity index (χ2n) is 7.01. The molecule has 2 aromatic carbocycles. The SMILES string of the molecule is COc1cccc(CNC(=O)CN2C(=O)NC3(CCc4ccccc43)C2=O)c1. The summed E-state index contributed by atoms with van der Waals surface area (Å²) in [5.41, 5.74) is 1.71. The van der Waals surface area contributed by atoms with Gasteiger partial charge in [-0.15, -0.1) is 0 Å². The summed E-state index contributed by atoms with van der Waals surface area (Å²) < 4.78 is 5.16. The van der Waals surface area contributed by atoms with Crippen LogP contribution in [0.2, 0.25) is 0 Å². The molecule has 1 fully saturated rings.